The van der Waals surface area contributed by atoms with Crippen LogP contribution in [0.5, 0.6) is 17.2 Å². The van der Waals surface area contributed by atoms with Gasteiger partial charge in [-0.15, -0.1) is 0 Å². The van der Waals surface area contributed by atoms with Crippen molar-refractivity contribution in [1.82, 2.24) is 10.2 Å². The minimum atomic E-state index is 0.355. The van der Waals surface area contributed by atoms with Gasteiger partial charge in [-0.25, -0.2) is 0 Å². The maximum Gasteiger partial charge on any atom is 0.203 e. The molecule has 1 heterocycles. The molecule has 0 aliphatic carbocycles. The number of piperazine rings is 1. The second kappa shape index (κ2) is 9.74. The molecule has 1 atom stereocenters. The molecule has 0 saturated carbocycles. The Morgan fingerprint density at radius 3 is 2.29 bits per heavy atom. The van der Waals surface area contributed by atoms with Gasteiger partial charge >= 0.3 is 0 Å². The van der Waals surface area contributed by atoms with E-state index in [1.807, 2.05) is 6.07 Å². The van der Waals surface area contributed by atoms with Crippen molar-refractivity contribution in [2.24, 2.45) is 0 Å². The Morgan fingerprint density at radius 2 is 1.71 bits per heavy atom. The van der Waals surface area contributed by atoms with E-state index in [-0.39, 0.29) is 0 Å². The fourth-order valence-corrected chi connectivity index (χ4v) is 3.50. The van der Waals surface area contributed by atoms with Gasteiger partial charge in [0, 0.05) is 37.8 Å². The number of nitrogens with one attached hydrogen (secondary N) is 1. The highest BCUT2D eigenvalue weighted by molar-refractivity contribution is 5.56. The number of methoxy groups -OCH3 is 3. The molecule has 2 rings (SSSR count). The Morgan fingerprint density at radius 1 is 1.00 bits per heavy atom. The summed E-state index contributed by atoms with van der Waals surface area (Å²) in [5.41, 5.74) is 1.20. The molecule has 5 nitrogen and oxygen atoms in total. The SMILES string of the molecule is CCCCC[C@@H](c1ccc(OC)c(OC)c1OC)N1CCNCC1. The smallest absolute Gasteiger partial charge is 0.203 e. The second-order valence-corrected chi connectivity index (χ2v) is 6.22. The quantitative estimate of drug-likeness (QED) is 0.701. The van der Waals surface area contributed by atoms with Crippen LogP contribution >= 0.6 is 0 Å². The van der Waals surface area contributed by atoms with E-state index >= 15 is 0 Å². The average Bonchev–Trinajstić information content (AvgIpc) is 2.64. The molecule has 0 aromatic heterocycles. The van der Waals surface area contributed by atoms with E-state index in [0.717, 1.165) is 38.3 Å². The van der Waals surface area contributed by atoms with Gasteiger partial charge in [-0.05, 0) is 18.6 Å². The standard InChI is InChI=1S/C19H32N2O3/c1-5-6-7-8-16(21-13-11-20-12-14-21)15-9-10-17(22-2)19(24-4)18(15)23-3/h9-10,16,20H,5-8,11-14H2,1-4H3/t16-/m0/s1. The molecule has 0 radical (unpaired) electrons. The van der Waals surface area contributed by atoms with E-state index in [0.29, 0.717) is 17.5 Å². The normalized spacial score (nSPS) is 16.7. The van der Waals surface area contributed by atoms with Gasteiger partial charge in [0.1, 0.15) is 0 Å². The van der Waals surface area contributed by atoms with Gasteiger partial charge < -0.3 is 19.5 Å². The van der Waals surface area contributed by atoms with Crippen molar-refractivity contribution < 1.29 is 14.2 Å². The molecule has 1 fully saturated rings. The summed E-state index contributed by atoms with van der Waals surface area (Å²) < 4.78 is 16.8. The van der Waals surface area contributed by atoms with Gasteiger partial charge in [-0.1, -0.05) is 26.2 Å². The number of hydrogen-bond acceptors (Lipinski definition) is 5. The maximum absolute atomic E-state index is 5.74. The molecule has 0 amide bonds. The number of nitrogens with zero attached hydrogens (tertiary/aromatic N) is 1. The lowest BCUT2D eigenvalue weighted by Crippen LogP contribution is -2.45. The summed E-state index contributed by atoms with van der Waals surface area (Å²) in [6.45, 7) is 6.46. The fourth-order valence-electron chi connectivity index (χ4n) is 3.50. The molecule has 1 saturated heterocycles. The molecule has 0 unspecified atom stereocenters. The molecule has 0 spiro atoms. The molecule has 24 heavy (non-hydrogen) atoms. The van der Waals surface area contributed by atoms with Crippen LogP contribution in [-0.2, 0) is 0 Å². The maximum atomic E-state index is 5.74. The van der Waals surface area contributed by atoms with Gasteiger partial charge in [0.25, 0.3) is 0 Å². The van der Waals surface area contributed by atoms with Crippen molar-refractivity contribution in [3.63, 3.8) is 0 Å². The van der Waals surface area contributed by atoms with Crippen molar-refractivity contribution in [2.75, 3.05) is 47.5 Å². The number of unbranched alkanes of at least 4 members (excludes halogenated alkanes) is 2. The third kappa shape index (κ3) is 4.33. The van der Waals surface area contributed by atoms with Crippen molar-refractivity contribution in [3.05, 3.63) is 17.7 Å². The second-order valence-electron chi connectivity index (χ2n) is 6.22. The van der Waals surface area contributed by atoms with Gasteiger partial charge in [-0.2, -0.15) is 0 Å². The molecule has 1 aromatic rings. The van der Waals surface area contributed by atoms with Crippen molar-refractivity contribution >= 4 is 0 Å². The first-order valence-electron chi connectivity index (χ1n) is 9.00. The van der Waals surface area contributed by atoms with E-state index in [9.17, 15) is 0 Å². The zero-order valence-electron chi connectivity index (χ0n) is 15.6. The minimum Gasteiger partial charge on any atom is -0.493 e. The minimum absolute atomic E-state index is 0.355. The van der Waals surface area contributed by atoms with Crippen LogP contribution in [0.25, 0.3) is 0 Å². The highest BCUT2D eigenvalue weighted by Crippen LogP contribution is 2.44. The van der Waals surface area contributed by atoms with Crippen LogP contribution in [-0.4, -0.2) is 52.4 Å². The number of hydrogen-bond donors (Lipinski definition) is 1. The molecule has 0 bridgehead atoms. The molecule has 1 aliphatic heterocycles. The van der Waals surface area contributed by atoms with Gasteiger partial charge in [0.2, 0.25) is 5.75 Å². The summed E-state index contributed by atoms with van der Waals surface area (Å²) in [7, 11) is 5.04. The molecule has 136 valence electrons. The average molecular weight is 336 g/mol. The molecule has 1 N–H and O–H groups in total. The van der Waals surface area contributed by atoms with Crippen molar-refractivity contribution in [2.45, 2.75) is 38.6 Å². The van der Waals surface area contributed by atoms with Crippen LogP contribution in [0.3, 0.4) is 0 Å². The van der Waals surface area contributed by atoms with Crippen LogP contribution < -0.4 is 19.5 Å². The van der Waals surface area contributed by atoms with E-state index in [1.165, 1.54) is 24.8 Å². The fraction of sp³-hybridized carbons (Fsp3) is 0.684. The molecular formula is C19H32N2O3. The highest BCUT2D eigenvalue weighted by Gasteiger charge is 2.27. The third-order valence-electron chi connectivity index (χ3n) is 4.77. The number of ether oxygens (including phenoxy) is 3. The Bertz CT molecular complexity index is 502. The van der Waals surface area contributed by atoms with Gasteiger partial charge in [0.15, 0.2) is 11.5 Å². The molecular weight excluding hydrogens is 304 g/mol. The predicted octanol–water partition coefficient (Wildman–Crippen LogP) is 3.24. The van der Waals surface area contributed by atoms with E-state index in [1.54, 1.807) is 21.3 Å². The largest absolute Gasteiger partial charge is 0.493 e. The first-order valence-corrected chi connectivity index (χ1v) is 9.00. The summed E-state index contributed by atoms with van der Waals surface area (Å²) in [4.78, 5) is 2.57. The van der Waals surface area contributed by atoms with Crippen LogP contribution in [0, 0.1) is 0 Å². The van der Waals surface area contributed by atoms with E-state index in [4.69, 9.17) is 14.2 Å². The van der Waals surface area contributed by atoms with Gasteiger partial charge in [0.05, 0.1) is 21.3 Å². The topological polar surface area (TPSA) is 43.0 Å². The van der Waals surface area contributed by atoms with Crippen molar-refractivity contribution in [1.29, 1.82) is 0 Å². The summed E-state index contributed by atoms with van der Waals surface area (Å²) in [6.07, 6.45) is 4.86. The van der Waals surface area contributed by atoms with Crippen LogP contribution in [0.2, 0.25) is 0 Å². The Kier molecular flexibility index (Phi) is 7.66. The molecule has 1 aliphatic rings. The summed E-state index contributed by atoms with van der Waals surface area (Å²) in [5, 5.41) is 3.44. The Balaban J connectivity index is 2.36. The first-order chi connectivity index (χ1) is 11.8. The number of rotatable bonds is 9. The lowest BCUT2D eigenvalue weighted by molar-refractivity contribution is 0.159. The van der Waals surface area contributed by atoms with Gasteiger partial charge in [-0.3, -0.25) is 4.90 Å². The Hall–Kier alpha value is -1.46. The predicted molar refractivity (Wildman–Crippen MR) is 97.4 cm³/mol. The summed E-state index contributed by atoms with van der Waals surface area (Å²) >= 11 is 0. The lowest BCUT2D eigenvalue weighted by Gasteiger charge is -2.36. The molecule has 1 aromatic carbocycles. The third-order valence-corrected chi connectivity index (χ3v) is 4.77. The van der Waals surface area contributed by atoms with E-state index in [2.05, 4.69) is 23.2 Å². The summed E-state index contributed by atoms with van der Waals surface area (Å²) in [5.74, 6) is 2.20. The van der Waals surface area contributed by atoms with Crippen LogP contribution in [0.4, 0.5) is 0 Å². The zero-order valence-corrected chi connectivity index (χ0v) is 15.6. The number of benzene rings is 1. The lowest BCUT2D eigenvalue weighted by atomic mass is 9.96. The monoisotopic (exact) mass is 336 g/mol. The zero-order chi connectivity index (χ0) is 17.4. The van der Waals surface area contributed by atoms with Crippen LogP contribution in [0.1, 0.15) is 44.2 Å². The highest BCUT2D eigenvalue weighted by atomic mass is 16.5. The Labute approximate surface area is 146 Å². The summed E-state index contributed by atoms with van der Waals surface area (Å²) in [6, 6.07) is 4.48. The first kappa shape index (κ1) is 18.9. The van der Waals surface area contributed by atoms with Crippen molar-refractivity contribution in [3.8, 4) is 17.2 Å². The van der Waals surface area contributed by atoms with Crippen LogP contribution in [0.15, 0.2) is 12.1 Å². The van der Waals surface area contributed by atoms with E-state index < -0.39 is 0 Å². The molecule has 5 heteroatoms.